The molecule has 39 heavy (non-hydrogen) atoms. The Balaban J connectivity index is 2.13. The summed E-state index contributed by atoms with van der Waals surface area (Å²) in [5.74, 6) is -5.48. The maximum atomic E-state index is 13.2. The van der Waals surface area contributed by atoms with Crippen LogP contribution in [-0.2, 0) is 24.0 Å². The molecule has 1 aromatic rings. The first-order chi connectivity index (χ1) is 18.1. The monoisotopic (exact) mass is 558 g/mol. The molecule has 0 saturated carbocycles. The first-order valence-corrected chi connectivity index (χ1v) is 12.3. The molecule has 0 unspecified atom stereocenters. The number of amides is 4. The number of aliphatic hydroxyl groups is 1. The Kier molecular flexibility index (Phi) is 10.8. The number of anilines is 1. The molecule has 3 atom stereocenters. The molecule has 0 bridgehead atoms. The smallest absolute Gasteiger partial charge is 0.406 e. The minimum atomic E-state index is -4.95. The molecule has 216 valence electrons. The van der Waals surface area contributed by atoms with Crippen LogP contribution >= 0.6 is 0 Å². The van der Waals surface area contributed by atoms with Gasteiger partial charge in [-0.3, -0.25) is 24.0 Å². The zero-order valence-corrected chi connectivity index (χ0v) is 21.8. The fourth-order valence-corrected chi connectivity index (χ4v) is 4.00. The number of piperidine rings is 1. The Bertz CT molecular complexity index is 1070. The summed E-state index contributed by atoms with van der Waals surface area (Å²) in [7, 11) is 0. The van der Waals surface area contributed by atoms with E-state index in [0.29, 0.717) is 19.4 Å². The largest absolute Gasteiger partial charge is 0.573 e. The predicted octanol–water partition coefficient (Wildman–Crippen LogP) is 1.41. The molecule has 2 rings (SSSR count). The van der Waals surface area contributed by atoms with E-state index in [1.807, 2.05) is 0 Å². The summed E-state index contributed by atoms with van der Waals surface area (Å²) >= 11 is 0. The second-order valence-electron chi connectivity index (χ2n) is 10.4. The Morgan fingerprint density at radius 3 is 2.38 bits per heavy atom. The first kappa shape index (κ1) is 31.5. The highest BCUT2D eigenvalue weighted by Gasteiger charge is 2.34. The topological polar surface area (TPSA) is 163 Å². The predicted molar refractivity (Wildman–Crippen MR) is 132 cm³/mol. The number of carbonyl (C=O) groups excluding carboxylic acids is 5. The summed E-state index contributed by atoms with van der Waals surface area (Å²) in [6.45, 7) is 4.94. The minimum absolute atomic E-state index is 0.0384. The molecule has 0 aliphatic carbocycles. The maximum absolute atomic E-state index is 13.2. The lowest BCUT2D eigenvalue weighted by Crippen LogP contribution is -2.55. The number of hydrogen-bond donors (Lipinski definition) is 5. The first-order valence-electron chi connectivity index (χ1n) is 12.3. The molecule has 1 aromatic carbocycles. The van der Waals surface area contributed by atoms with Crippen LogP contribution in [0.3, 0.4) is 0 Å². The summed E-state index contributed by atoms with van der Waals surface area (Å²) in [6, 6.07) is 1.78. The van der Waals surface area contributed by atoms with Gasteiger partial charge in [-0.05, 0) is 43.2 Å². The molecule has 11 nitrogen and oxygen atoms in total. The lowest BCUT2D eigenvalue weighted by molar-refractivity contribution is -0.274. The van der Waals surface area contributed by atoms with Gasteiger partial charge in [-0.1, -0.05) is 26.8 Å². The normalized spacial score (nSPS) is 17.3. The van der Waals surface area contributed by atoms with Gasteiger partial charge in [0.25, 0.3) is 0 Å². The van der Waals surface area contributed by atoms with Crippen molar-refractivity contribution in [2.75, 3.05) is 18.5 Å². The van der Waals surface area contributed by atoms with Gasteiger partial charge in [-0.2, -0.15) is 0 Å². The van der Waals surface area contributed by atoms with Crippen molar-refractivity contribution in [1.82, 2.24) is 16.0 Å². The van der Waals surface area contributed by atoms with Crippen LogP contribution < -0.4 is 26.0 Å². The number of carbonyl (C=O) groups is 5. The van der Waals surface area contributed by atoms with Crippen LogP contribution in [0.1, 0.15) is 46.5 Å². The summed E-state index contributed by atoms with van der Waals surface area (Å²) in [6.07, 6.45) is -3.79. The summed E-state index contributed by atoms with van der Waals surface area (Å²) < 4.78 is 41.2. The quantitative estimate of drug-likeness (QED) is 0.271. The number of nitrogens with one attached hydrogen (secondary N) is 4. The van der Waals surface area contributed by atoms with Crippen molar-refractivity contribution in [3.63, 3.8) is 0 Å². The van der Waals surface area contributed by atoms with E-state index >= 15 is 0 Å². The fourth-order valence-electron chi connectivity index (χ4n) is 4.00. The Morgan fingerprint density at radius 1 is 1.10 bits per heavy atom. The third kappa shape index (κ3) is 10.9. The van der Waals surface area contributed by atoms with Crippen molar-refractivity contribution in [1.29, 1.82) is 0 Å². The molecule has 14 heteroatoms. The van der Waals surface area contributed by atoms with Gasteiger partial charge in [0.05, 0.1) is 6.04 Å². The van der Waals surface area contributed by atoms with Gasteiger partial charge in [0.2, 0.25) is 11.8 Å². The molecule has 0 radical (unpaired) electrons. The van der Waals surface area contributed by atoms with Gasteiger partial charge in [-0.25, -0.2) is 0 Å². The van der Waals surface area contributed by atoms with Crippen molar-refractivity contribution in [2.45, 2.75) is 64.9 Å². The van der Waals surface area contributed by atoms with Crippen LogP contribution in [0.4, 0.5) is 18.9 Å². The number of benzene rings is 1. The molecule has 5 N–H and O–H groups in total. The molecule has 1 fully saturated rings. The number of hydrogen-bond acceptors (Lipinski definition) is 7. The molecule has 1 aliphatic heterocycles. The third-order valence-corrected chi connectivity index (χ3v) is 5.75. The molecular weight excluding hydrogens is 525 g/mol. The SMILES string of the molecule is CC(C)(C)C[C@H](NC(=O)C(=O)Nc1cccc(OC(F)(F)F)c1)C(=O)N[C@@H](C[C@@H]1CCCNC1=O)C(=O)CO. The van der Waals surface area contributed by atoms with Crippen LogP contribution in [0.15, 0.2) is 24.3 Å². The Morgan fingerprint density at radius 2 is 1.79 bits per heavy atom. The van der Waals surface area contributed by atoms with Gasteiger partial charge < -0.3 is 31.1 Å². The zero-order valence-electron chi connectivity index (χ0n) is 21.8. The van der Waals surface area contributed by atoms with E-state index in [1.165, 1.54) is 12.1 Å². The second kappa shape index (κ2) is 13.4. The molecule has 4 amide bonds. The van der Waals surface area contributed by atoms with Crippen LogP contribution in [0, 0.1) is 11.3 Å². The van der Waals surface area contributed by atoms with Crippen LogP contribution in [0.2, 0.25) is 0 Å². The highest BCUT2D eigenvalue weighted by molar-refractivity contribution is 6.40. The number of rotatable bonds is 10. The van der Waals surface area contributed by atoms with E-state index in [1.54, 1.807) is 20.8 Å². The molecule has 0 aromatic heterocycles. The van der Waals surface area contributed by atoms with E-state index in [9.17, 15) is 42.3 Å². The fraction of sp³-hybridized carbons (Fsp3) is 0.560. The molecular formula is C25H33F3N4O7. The van der Waals surface area contributed by atoms with Crippen molar-refractivity contribution in [3.8, 4) is 5.75 Å². The number of ketones is 1. The van der Waals surface area contributed by atoms with Crippen LogP contribution in [0.25, 0.3) is 0 Å². The molecule has 1 heterocycles. The van der Waals surface area contributed by atoms with Gasteiger partial charge in [-0.15, -0.1) is 13.2 Å². The van der Waals surface area contributed by atoms with Crippen molar-refractivity contribution >= 4 is 35.1 Å². The van der Waals surface area contributed by atoms with Gasteiger partial charge in [0, 0.05) is 24.2 Å². The van der Waals surface area contributed by atoms with Crippen molar-refractivity contribution < 1.29 is 47.0 Å². The average Bonchev–Trinajstić information content (AvgIpc) is 2.82. The van der Waals surface area contributed by atoms with E-state index in [0.717, 1.165) is 12.1 Å². The van der Waals surface area contributed by atoms with E-state index in [2.05, 4.69) is 26.0 Å². The third-order valence-electron chi connectivity index (χ3n) is 5.75. The standard InChI is InChI=1S/C25H33F3N4O7/c1-24(2,3)12-18(21(36)31-17(19(34)13-33)10-14-6-5-9-29-20(14)35)32-23(38)22(37)30-15-7-4-8-16(11-15)39-25(26,27)28/h4,7-8,11,14,17-18,33H,5-6,9-10,12-13H2,1-3H3,(H,29,35)(H,30,37)(H,31,36)(H,32,38)/t14-,17-,18-/m0/s1. The Labute approximate surface area is 223 Å². The van der Waals surface area contributed by atoms with Gasteiger partial charge >= 0.3 is 18.2 Å². The maximum Gasteiger partial charge on any atom is 0.573 e. The molecule has 0 spiro atoms. The molecule has 1 aliphatic rings. The highest BCUT2D eigenvalue weighted by Crippen LogP contribution is 2.25. The minimum Gasteiger partial charge on any atom is -0.406 e. The van der Waals surface area contributed by atoms with Crippen molar-refractivity contribution in [3.05, 3.63) is 24.3 Å². The lowest BCUT2D eigenvalue weighted by atomic mass is 9.87. The highest BCUT2D eigenvalue weighted by atomic mass is 19.4. The van der Waals surface area contributed by atoms with Crippen molar-refractivity contribution in [2.24, 2.45) is 11.3 Å². The average molecular weight is 559 g/mol. The number of halogens is 3. The number of ether oxygens (including phenoxy) is 1. The van der Waals surface area contributed by atoms with E-state index in [4.69, 9.17) is 0 Å². The Hall–Kier alpha value is -3.68. The van der Waals surface area contributed by atoms with Gasteiger partial charge in [0.15, 0.2) is 5.78 Å². The second-order valence-corrected chi connectivity index (χ2v) is 10.4. The number of alkyl halides is 3. The van der Waals surface area contributed by atoms with Gasteiger partial charge in [0.1, 0.15) is 18.4 Å². The number of aliphatic hydroxyl groups excluding tert-OH is 1. The van der Waals surface area contributed by atoms with E-state index in [-0.39, 0.29) is 24.4 Å². The summed E-state index contributed by atoms with van der Waals surface area (Å²) in [5, 5.41) is 19.0. The lowest BCUT2D eigenvalue weighted by Gasteiger charge is -2.29. The number of Topliss-reactive ketones (excluding diaryl/α,β-unsaturated/α-hetero) is 1. The van der Waals surface area contributed by atoms with Crippen LogP contribution in [-0.4, -0.2) is 66.1 Å². The van der Waals surface area contributed by atoms with E-state index < -0.39 is 65.6 Å². The van der Waals surface area contributed by atoms with Crippen LogP contribution in [0.5, 0.6) is 5.75 Å². The zero-order chi connectivity index (χ0) is 29.4. The summed E-state index contributed by atoms with van der Waals surface area (Å²) in [5.41, 5.74) is -0.692. The summed E-state index contributed by atoms with van der Waals surface area (Å²) in [4.78, 5) is 62.7. The molecule has 1 saturated heterocycles.